The highest BCUT2D eigenvalue weighted by Gasteiger charge is 2.16. The number of aliphatic hydroxyl groups is 1. The number of benzene rings is 2. The van der Waals surface area contributed by atoms with Crippen molar-refractivity contribution in [3.63, 3.8) is 0 Å². The average Bonchev–Trinajstić information content (AvgIpc) is 3.43. The standard InChI is InChI=1S/C33H32BrN3O6S/c1-21(26-20-44-32(31(26)41)23-10-12-25(34)13-11-23)36-19-30(40)28-4-2-3-27(37-28)29(39)14-7-22-5-8-24(9-6-22)33(42)35-15-17-43-18-16-38/h2-6,8-13,20,38,41H,7,14-19H2,1H3,(H,35,42). The van der Waals surface area contributed by atoms with Gasteiger partial charge in [-0.3, -0.25) is 19.4 Å². The number of carbonyl (C=O) groups excluding carboxylic acids is 3. The number of rotatable bonds is 15. The summed E-state index contributed by atoms with van der Waals surface area (Å²) >= 11 is 4.81. The lowest BCUT2D eigenvalue weighted by Crippen LogP contribution is -2.27. The lowest BCUT2D eigenvalue weighted by molar-refractivity contribution is 0.0837. The van der Waals surface area contributed by atoms with E-state index < -0.39 is 0 Å². The van der Waals surface area contributed by atoms with E-state index in [2.05, 4.69) is 31.2 Å². The Hall–Kier alpha value is -4.03. The van der Waals surface area contributed by atoms with E-state index in [1.165, 1.54) is 11.3 Å². The molecular formula is C33H32BrN3O6S. The lowest BCUT2D eigenvalue weighted by atomic mass is 10.0. The van der Waals surface area contributed by atoms with Gasteiger partial charge in [-0.05, 0) is 60.9 Å². The van der Waals surface area contributed by atoms with Crippen LogP contribution in [0.1, 0.15) is 55.8 Å². The van der Waals surface area contributed by atoms with Crippen molar-refractivity contribution in [1.29, 1.82) is 0 Å². The van der Waals surface area contributed by atoms with Crippen molar-refractivity contribution >= 4 is 50.5 Å². The monoisotopic (exact) mass is 677 g/mol. The van der Waals surface area contributed by atoms with E-state index in [1.54, 1.807) is 49.4 Å². The molecule has 0 radical (unpaired) electrons. The van der Waals surface area contributed by atoms with Gasteiger partial charge >= 0.3 is 0 Å². The second-order valence-electron chi connectivity index (χ2n) is 9.78. The van der Waals surface area contributed by atoms with Crippen LogP contribution in [0.5, 0.6) is 5.75 Å². The molecule has 0 unspecified atom stereocenters. The molecule has 11 heteroatoms. The van der Waals surface area contributed by atoms with E-state index >= 15 is 0 Å². The number of aryl methyl sites for hydroxylation is 1. The molecule has 0 spiro atoms. The van der Waals surface area contributed by atoms with Crippen LogP contribution in [0, 0.1) is 0 Å². The van der Waals surface area contributed by atoms with E-state index in [0.29, 0.717) is 36.4 Å². The molecule has 0 atom stereocenters. The number of hydrogen-bond donors (Lipinski definition) is 3. The molecular weight excluding hydrogens is 646 g/mol. The number of aliphatic imine (C=N–C) groups is 1. The summed E-state index contributed by atoms with van der Waals surface area (Å²) in [5.41, 5.74) is 3.70. The van der Waals surface area contributed by atoms with E-state index in [0.717, 1.165) is 20.5 Å². The number of thiophene rings is 1. The van der Waals surface area contributed by atoms with Gasteiger partial charge in [0.1, 0.15) is 23.7 Å². The van der Waals surface area contributed by atoms with Crippen molar-refractivity contribution in [3.8, 4) is 16.2 Å². The zero-order chi connectivity index (χ0) is 31.5. The predicted octanol–water partition coefficient (Wildman–Crippen LogP) is 5.52. The van der Waals surface area contributed by atoms with Crippen molar-refractivity contribution in [2.75, 3.05) is 32.9 Å². The number of ether oxygens (including phenoxy) is 1. The number of amides is 1. The highest BCUT2D eigenvalue weighted by Crippen LogP contribution is 2.39. The first-order chi connectivity index (χ1) is 21.3. The maximum Gasteiger partial charge on any atom is 0.251 e. The van der Waals surface area contributed by atoms with Gasteiger partial charge in [-0.1, -0.05) is 46.3 Å². The van der Waals surface area contributed by atoms with Crippen LogP contribution in [-0.4, -0.2) is 71.3 Å². The molecule has 44 heavy (non-hydrogen) atoms. The highest BCUT2D eigenvalue weighted by atomic mass is 79.9. The molecule has 0 saturated carbocycles. The van der Waals surface area contributed by atoms with Crippen LogP contribution in [0.25, 0.3) is 10.4 Å². The second kappa shape index (κ2) is 16.2. The maximum atomic E-state index is 12.9. The van der Waals surface area contributed by atoms with Gasteiger partial charge in [0, 0.05) is 39.7 Å². The van der Waals surface area contributed by atoms with Crippen molar-refractivity contribution in [1.82, 2.24) is 10.3 Å². The molecule has 3 N–H and O–H groups in total. The van der Waals surface area contributed by atoms with Gasteiger partial charge in [0.05, 0.1) is 24.7 Å². The molecule has 1 amide bonds. The summed E-state index contributed by atoms with van der Waals surface area (Å²) < 4.78 is 6.07. The van der Waals surface area contributed by atoms with Crippen molar-refractivity contribution in [2.45, 2.75) is 19.8 Å². The molecule has 0 fully saturated rings. The van der Waals surface area contributed by atoms with Gasteiger partial charge in [-0.2, -0.15) is 0 Å². The number of aromatic hydroxyl groups is 1. The average molecular weight is 679 g/mol. The molecule has 0 saturated heterocycles. The largest absolute Gasteiger partial charge is 0.506 e. The first kappa shape index (κ1) is 32.9. The zero-order valence-corrected chi connectivity index (χ0v) is 26.5. The smallest absolute Gasteiger partial charge is 0.251 e. The summed E-state index contributed by atoms with van der Waals surface area (Å²) in [7, 11) is 0. The molecule has 9 nitrogen and oxygen atoms in total. The molecule has 0 aliphatic rings. The normalized spacial score (nSPS) is 11.4. The fourth-order valence-electron chi connectivity index (χ4n) is 4.23. The van der Waals surface area contributed by atoms with Crippen molar-refractivity contribution in [2.24, 2.45) is 4.99 Å². The number of aliphatic hydroxyl groups excluding tert-OH is 1. The molecule has 0 bridgehead atoms. The molecule has 4 rings (SSSR count). The minimum absolute atomic E-state index is 0.0644. The molecule has 0 aliphatic carbocycles. The Labute approximate surface area is 267 Å². The van der Waals surface area contributed by atoms with Crippen LogP contribution in [0.15, 0.2) is 81.6 Å². The number of hydrogen-bond acceptors (Lipinski definition) is 9. The summed E-state index contributed by atoms with van der Waals surface area (Å²) in [6.07, 6.45) is 0.638. The Morgan fingerprint density at radius 3 is 2.39 bits per heavy atom. The molecule has 2 aromatic heterocycles. The van der Waals surface area contributed by atoms with Gasteiger partial charge in [0.2, 0.25) is 5.78 Å². The quantitative estimate of drug-likeness (QED) is 0.0855. The summed E-state index contributed by atoms with van der Waals surface area (Å²) in [6, 6.07) is 19.4. The third-order valence-corrected chi connectivity index (χ3v) is 8.21. The Bertz CT molecular complexity index is 1630. The summed E-state index contributed by atoms with van der Waals surface area (Å²) in [4.78, 5) is 47.4. The number of halogens is 1. The second-order valence-corrected chi connectivity index (χ2v) is 11.6. The number of nitrogens with zero attached hydrogens (tertiary/aromatic N) is 2. The zero-order valence-electron chi connectivity index (χ0n) is 24.1. The molecule has 4 aromatic rings. The number of carbonyl (C=O) groups is 3. The van der Waals surface area contributed by atoms with E-state index in [1.807, 2.05) is 29.6 Å². The summed E-state index contributed by atoms with van der Waals surface area (Å²) in [5.74, 6) is -0.651. The number of nitrogens with one attached hydrogen (secondary N) is 1. The van der Waals surface area contributed by atoms with Gasteiger partial charge in [-0.25, -0.2) is 4.98 Å². The summed E-state index contributed by atoms with van der Waals surface area (Å²) in [5, 5.41) is 24.0. The maximum absolute atomic E-state index is 12.9. The Balaban J connectivity index is 1.30. The van der Waals surface area contributed by atoms with Gasteiger partial charge < -0.3 is 20.3 Å². The first-order valence-corrected chi connectivity index (χ1v) is 15.6. The minimum Gasteiger partial charge on any atom is -0.506 e. The number of aromatic nitrogens is 1. The third kappa shape index (κ3) is 8.99. The van der Waals surface area contributed by atoms with E-state index in [4.69, 9.17) is 9.84 Å². The third-order valence-electron chi connectivity index (χ3n) is 6.67. The van der Waals surface area contributed by atoms with Crippen LogP contribution in [0.2, 0.25) is 0 Å². The molecule has 2 heterocycles. The molecule has 228 valence electrons. The van der Waals surface area contributed by atoms with Crippen LogP contribution < -0.4 is 5.32 Å². The summed E-state index contributed by atoms with van der Waals surface area (Å²) in [6.45, 7) is 2.38. The van der Waals surface area contributed by atoms with Crippen LogP contribution in [-0.2, 0) is 11.2 Å². The van der Waals surface area contributed by atoms with Crippen molar-refractivity contribution < 1.29 is 29.3 Å². The van der Waals surface area contributed by atoms with Crippen LogP contribution in [0.3, 0.4) is 0 Å². The van der Waals surface area contributed by atoms with Crippen LogP contribution >= 0.6 is 27.3 Å². The topological polar surface area (TPSA) is 138 Å². The Kier molecular flexibility index (Phi) is 12.1. The lowest BCUT2D eigenvalue weighted by Gasteiger charge is -2.07. The fourth-order valence-corrected chi connectivity index (χ4v) is 5.51. The van der Waals surface area contributed by atoms with Crippen molar-refractivity contribution in [3.05, 3.63) is 105 Å². The molecule has 2 aromatic carbocycles. The predicted molar refractivity (Wildman–Crippen MR) is 174 cm³/mol. The Morgan fingerprint density at radius 2 is 1.68 bits per heavy atom. The SMILES string of the molecule is CC(=NCC(=O)c1cccc(C(=O)CCc2ccc(C(=O)NCCOCCO)cc2)n1)c1csc(-c2ccc(Br)cc2)c1O. The number of Topliss-reactive ketones (excluding diaryl/α,β-unsaturated/α-hetero) is 2. The van der Waals surface area contributed by atoms with Crippen LogP contribution in [0.4, 0.5) is 0 Å². The molecule has 0 aliphatic heterocycles. The van der Waals surface area contributed by atoms with Gasteiger partial charge in [-0.15, -0.1) is 11.3 Å². The van der Waals surface area contributed by atoms with Gasteiger partial charge in [0.25, 0.3) is 5.91 Å². The van der Waals surface area contributed by atoms with Gasteiger partial charge in [0.15, 0.2) is 5.78 Å². The minimum atomic E-state index is -0.337. The number of ketones is 2. The Morgan fingerprint density at radius 1 is 0.977 bits per heavy atom. The highest BCUT2D eigenvalue weighted by molar-refractivity contribution is 9.10. The van der Waals surface area contributed by atoms with E-state index in [9.17, 15) is 19.5 Å². The van der Waals surface area contributed by atoms with E-state index in [-0.39, 0.29) is 60.8 Å². The number of pyridine rings is 1. The first-order valence-electron chi connectivity index (χ1n) is 13.9. The fraction of sp³-hybridized carbons (Fsp3) is 0.242.